The van der Waals surface area contributed by atoms with Crippen molar-refractivity contribution in [1.29, 1.82) is 0 Å². The number of rotatable bonds is 4. The average molecular weight is 315 g/mol. The van der Waals surface area contributed by atoms with E-state index in [0.29, 0.717) is 24.9 Å². The number of morpholine rings is 1. The zero-order valence-electron chi connectivity index (χ0n) is 12.9. The van der Waals surface area contributed by atoms with Crippen LogP contribution in [0.2, 0.25) is 0 Å². The molecule has 0 aliphatic carbocycles. The predicted molar refractivity (Wildman–Crippen MR) is 87.4 cm³/mol. The molecule has 1 aliphatic rings. The zero-order valence-corrected chi connectivity index (χ0v) is 12.9. The summed E-state index contributed by atoms with van der Waals surface area (Å²) in [6.45, 7) is 4.88. The number of ether oxygens (including phenoxy) is 1. The Hall–Kier alpha value is -2.54. The standard InChI is InChI=1S/C16H18FN5O/c1-12-19-15(10-16(20-12)22-6-8-23-9-7-22)21-18-11-13-2-4-14(17)5-3-13/h2-5,10-11H,6-9H2,1H3,(H,19,20,21). The van der Waals surface area contributed by atoms with Crippen LogP contribution >= 0.6 is 0 Å². The molecule has 0 saturated carbocycles. The molecule has 0 unspecified atom stereocenters. The van der Waals surface area contributed by atoms with E-state index in [9.17, 15) is 4.39 Å². The number of hydrogen-bond donors (Lipinski definition) is 1. The van der Waals surface area contributed by atoms with Crippen LogP contribution in [0.1, 0.15) is 11.4 Å². The fourth-order valence-corrected chi connectivity index (χ4v) is 2.29. The van der Waals surface area contributed by atoms with E-state index in [1.54, 1.807) is 18.3 Å². The first-order valence-electron chi connectivity index (χ1n) is 7.44. The highest BCUT2D eigenvalue weighted by atomic mass is 19.1. The van der Waals surface area contributed by atoms with E-state index in [1.165, 1.54) is 12.1 Å². The molecule has 3 rings (SSSR count). The Morgan fingerprint density at radius 2 is 1.96 bits per heavy atom. The SMILES string of the molecule is Cc1nc(NN=Cc2ccc(F)cc2)cc(N2CCOCC2)n1. The first-order chi connectivity index (χ1) is 11.2. The van der Waals surface area contributed by atoms with Gasteiger partial charge in [0.15, 0.2) is 5.82 Å². The lowest BCUT2D eigenvalue weighted by molar-refractivity contribution is 0.122. The van der Waals surface area contributed by atoms with Crippen LogP contribution in [0.3, 0.4) is 0 Å². The van der Waals surface area contributed by atoms with E-state index in [2.05, 4.69) is 25.4 Å². The highest BCUT2D eigenvalue weighted by Crippen LogP contribution is 2.17. The summed E-state index contributed by atoms with van der Waals surface area (Å²) in [7, 11) is 0. The van der Waals surface area contributed by atoms with E-state index in [4.69, 9.17) is 4.74 Å². The fraction of sp³-hybridized carbons (Fsp3) is 0.312. The van der Waals surface area contributed by atoms with Gasteiger partial charge < -0.3 is 9.64 Å². The molecule has 1 aliphatic heterocycles. The molecule has 0 atom stereocenters. The normalized spacial score (nSPS) is 15.1. The van der Waals surface area contributed by atoms with Gasteiger partial charge in [0, 0.05) is 19.2 Å². The largest absolute Gasteiger partial charge is 0.378 e. The van der Waals surface area contributed by atoms with Crippen molar-refractivity contribution in [3.05, 3.63) is 47.5 Å². The summed E-state index contributed by atoms with van der Waals surface area (Å²) in [6.07, 6.45) is 1.62. The molecule has 23 heavy (non-hydrogen) atoms. The molecule has 0 spiro atoms. The molecule has 2 aromatic rings. The van der Waals surface area contributed by atoms with E-state index < -0.39 is 0 Å². The molecule has 6 nitrogen and oxygen atoms in total. The number of halogens is 1. The minimum Gasteiger partial charge on any atom is -0.378 e. The second kappa shape index (κ2) is 7.15. The lowest BCUT2D eigenvalue weighted by Gasteiger charge is -2.28. The van der Waals surface area contributed by atoms with Gasteiger partial charge in [0.2, 0.25) is 0 Å². The van der Waals surface area contributed by atoms with Crippen LogP contribution in [0, 0.1) is 12.7 Å². The molecule has 120 valence electrons. The Morgan fingerprint density at radius 1 is 1.22 bits per heavy atom. The first kappa shape index (κ1) is 15.4. The summed E-state index contributed by atoms with van der Waals surface area (Å²) in [5.41, 5.74) is 3.70. The van der Waals surface area contributed by atoms with Gasteiger partial charge in [0.1, 0.15) is 17.5 Å². The van der Waals surface area contributed by atoms with Crippen LogP contribution in [0.5, 0.6) is 0 Å². The lowest BCUT2D eigenvalue weighted by atomic mass is 10.2. The average Bonchev–Trinajstić information content (AvgIpc) is 2.57. The van der Waals surface area contributed by atoms with Gasteiger partial charge in [-0.15, -0.1) is 0 Å². The summed E-state index contributed by atoms with van der Waals surface area (Å²) < 4.78 is 18.2. The van der Waals surface area contributed by atoms with Gasteiger partial charge in [0.05, 0.1) is 19.4 Å². The first-order valence-corrected chi connectivity index (χ1v) is 7.44. The Balaban J connectivity index is 1.69. The number of nitrogens with one attached hydrogen (secondary N) is 1. The number of nitrogens with zero attached hydrogens (tertiary/aromatic N) is 4. The van der Waals surface area contributed by atoms with Gasteiger partial charge in [-0.05, 0) is 24.6 Å². The smallest absolute Gasteiger partial charge is 0.152 e. The minimum atomic E-state index is -0.267. The maximum absolute atomic E-state index is 12.8. The molecule has 1 fully saturated rings. The molecular formula is C16H18FN5O. The van der Waals surface area contributed by atoms with E-state index >= 15 is 0 Å². The van der Waals surface area contributed by atoms with Gasteiger partial charge in [-0.25, -0.2) is 14.4 Å². The van der Waals surface area contributed by atoms with Crippen LogP contribution in [0.15, 0.2) is 35.4 Å². The Morgan fingerprint density at radius 3 is 2.70 bits per heavy atom. The van der Waals surface area contributed by atoms with Crippen LogP contribution < -0.4 is 10.3 Å². The molecule has 1 aromatic carbocycles. The van der Waals surface area contributed by atoms with Crippen molar-refractivity contribution >= 4 is 17.9 Å². The third-order valence-corrected chi connectivity index (χ3v) is 3.42. The third kappa shape index (κ3) is 4.23. The third-order valence-electron chi connectivity index (χ3n) is 3.42. The van der Waals surface area contributed by atoms with Crippen molar-refractivity contribution in [2.45, 2.75) is 6.92 Å². The molecule has 0 bridgehead atoms. The van der Waals surface area contributed by atoms with E-state index in [0.717, 1.165) is 24.5 Å². The van der Waals surface area contributed by atoms with Crippen LogP contribution in [-0.4, -0.2) is 42.5 Å². The van der Waals surface area contributed by atoms with Gasteiger partial charge in [-0.2, -0.15) is 5.10 Å². The van der Waals surface area contributed by atoms with Crippen LogP contribution in [0.4, 0.5) is 16.0 Å². The highest BCUT2D eigenvalue weighted by molar-refractivity contribution is 5.80. The molecular weight excluding hydrogens is 297 g/mol. The minimum absolute atomic E-state index is 0.267. The molecule has 1 saturated heterocycles. The molecule has 1 aromatic heterocycles. The molecule has 0 amide bonds. The number of aromatic nitrogens is 2. The number of anilines is 2. The lowest BCUT2D eigenvalue weighted by Crippen LogP contribution is -2.36. The summed E-state index contributed by atoms with van der Waals surface area (Å²) in [5, 5.41) is 4.14. The zero-order chi connectivity index (χ0) is 16.1. The summed E-state index contributed by atoms with van der Waals surface area (Å²) in [4.78, 5) is 10.9. The van der Waals surface area contributed by atoms with Crippen molar-refractivity contribution in [2.75, 3.05) is 36.6 Å². The van der Waals surface area contributed by atoms with Crippen molar-refractivity contribution in [3.8, 4) is 0 Å². The van der Waals surface area contributed by atoms with Crippen molar-refractivity contribution in [1.82, 2.24) is 9.97 Å². The van der Waals surface area contributed by atoms with Crippen molar-refractivity contribution in [3.63, 3.8) is 0 Å². The Labute approximate surface area is 134 Å². The highest BCUT2D eigenvalue weighted by Gasteiger charge is 2.13. The van der Waals surface area contributed by atoms with Gasteiger partial charge >= 0.3 is 0 Å². The second-order valence-electron chi connectivity index (χ2n) is 5.18. The molecule has 7 heteroatoms. The van der Waals surface area contributed by atoms with Crippen LogP contribution in [0.25, 0.3) is 0 Å². The quantitative estimate of drug-likeness (QED) is 0.692. The molecule has 1 N–H and O–H groups in total. The topological polar surface area (TPSA) is 62.6 Å². The molecule has 0 radical (unpaired) electrons. The maximum atomic E-state index is 12.8. The van der Waals surface area contributed by atoms with Crippen molar-refractivity contribution < 1.29 is 9.13 Å². The summed E-state index contributed by atoms with van der Waals surface area (Å²) >= 11 is 0. The number of hydrazone groups is 1. The summed E-state index contributed by atoms with van der Waals surface area (Å²) in [5.74, 6) is 1.89. The number of aryl methyl sites for hydroxylation is 1. The fourth-order valence-electron chi connectivity index (χ4n) is 2.29. The van der Waals surface area contributed by atoms with E-state index in [1.807, 2.05) is 13.0 Å². The summed E-state index contributed by atoms with van der Waals surface area (Å²) in [6, 6.07) is 7.97. The number of benzene rings is 1. The predicted octanol–water partition coefficient (Wildman–Crippen LogP) is 2.21. The number of hydrogen-bond acceptors (Lipinski definition) is 6. The Bertz CT molecular complexity index is 683. The van der Waals surface area contributed by atoms with Gasteiger partial charge in [0.25, 0.3) is 0 Å². The van der Waals surface area contributed by atoms with E-state index in [-0.39, 0.29) is 5.82 Å². The van der Waals surface area contributed by atoms with Gasteiger partial charge in [-0.1, -0.05) is 12.1 Å². The molecule has 2 heterocycles. The van der Waals surface area contributed by atoms with Crippen LogP contribution in [-0.2, 0) is 4.74 Å². The maximum Gasteiger partial charge on any atom is 0.152 e. The monoisotopic (exact) mass is 315 g/mol. The van der Waals surface area contributed by atoms with Gasteiger partial charge in [-0.3, -0.25) is 5.43 Å². The van der Waals surface area contributed by atoms with Crippen molar-refractivity contribution in [2.24, 2.45) is 5.10 Å². The Kier molecular flexibility index (Phi) is 4.77. The second-order valence-corrected chi connectivity index (χ2v) is 5.18.